The number of halogens is 1. The molecule has 0 aliphatic carbocycles. The summed E-state index contributed by atoms with van der Waals surface area (Å²) in [5, 5.41) is 11.3. The maximum Gasteiger partial charge on any atom is 0.359 e. The lowest BCUT2D eigenvalue weighted by molar-refractivity contribution is -0.149. The Morgan fingerprint density at radius 1 is 1.16 bits per heavy atom. The number of nitriles is 1. The first kappa shape index (κ1) is 21.2. The molecule has 1 fully saturated rings. The first-order valence-corrected chi connectivity index (χ1v) is 11.1. The first-order valence-electron chi connectivity index (χ1n) is 8.96. The lowest BCUT2D eigenvalue weighted by Gasteiger charge is -2.33. The molecule has 1 amide bonds. The van der Waals surface area contributed by atoms with E-state index in [0.717, 1.165) is 0 Å². The fourth-order valence-electron chi connectivity index (χ4n) is 2.85. The molecule has 11 heteroatoms. The average molecular weight is 477 g/mol. The monoisotopic (exact) mass is 476 g/mol. The molecule has 0 unspecified atom stereocenters. The van der Waals surface area contributed by atoms with Gasteiger partial charge in [0.05, 0.1) is 17.4 Å². The van der Waals surface area contributed by atoms with E-state index in [0.29, 0.717) is 21.2 Å². The summed E-state index contributed by atoms with van der Waals surface area (Å²) in [6, 6.07) is 9.82. The van der Waals surface area contributed by atoms with Crippen molar-refractivity contribution < 1.29 is 28.6 Å². The van der Waals surface area contributed by atoms with Crippen molar-refractivity contribution >= 4 is 52.5 Å². The van der Waals surface area contributed by atoms with Crippen LogP contribution in [0.2, 0.25) is 5.02 Å². The molecule has 1 atom stereocenters. The average Bonchev–Trinajstić information content (AvgIpc) is 3.32. The molecule has 1 saturated heterocycles. The topological polar surface area (TPSA) is 106 Å². The van der Waals surface area contributed by atoms with E-state index >= 15 is 0 Å². The molecule has 0 radical (unpaired) electrons. The molecule has 4 rings (SSSR count). The molecular weight excluding hydrogens is 464 g/mol. The summed E-state index contributed by atoms with van der Waals surface area (Å²) in [6.45, 7) is -0.363. The predicted octanol–water partition coefficient (Wildman–Crippen LogP) is 3.53. The van der Waals surface area contributed by atoms with Crippen LogP contribution in [-0.4, -0.2) is 41.3 Å². The predicted molar refractivity (Wildman–Crippen MR) is 112 cm³/mol. The highest BCUT2D eigenvalue weighted by Crippen LogP contribution is 2.47. The zero-order chi connectivity index (χ0) is 22.0. The number of rotatable bonds is 7. The minimum absolute atomic E-state index is 0.00892. The molecule has 0 saturated carbocycles. The third-order valence-electron chi connectivity index (χ3n) is 4.34. The van der Waals surface area contributed by atoms with E-state index in [1.54, 1.807) is 23.6 Å². The van der Waals surface area contributed by atoms with E-state index in [-0.39, 0.29) is 41.7 Å². The largest absolute Gasteiger partial charge is 0.458 e. The number of fused-ring (bicyclic) bond motifs is 1. The minimum Gasteiger partial charge on any atom is -0.458 e. The fraction of sp³-hybridized carbons (Fsp3) is 0.200. The van der Waals surface area contributed by atoms with Crippen molar-refractivity contribution in [1.82, 2.24) is 4.90 Å². The molecule has 8 nitrogen and oxygen atoms in total. The summed E-state index contributed by atoms with van der Waals surface area (Å²) in [7, 11) is 0. The molecular formula is C20H13ClN2O6S2. The highest BCUT2D eigenvalue weighted by Gasteiger charge is 2.50. The van der Waals surface area contributed by atoms with Crippen LogP contribution in [0.4, 0.5) is 0 Å². The molecule has 158 valence electrons. The van der Waals surface area contributed by atoms with Gasteiger partial charge in [0.15, 0.2) is 16.5 Å². The van der Waals surface area contributed by atoms with Gasteiger partial charge in [0, 0.05) is 5.02 Å². The Morgan fingerprint density at radius 3 is 2.55 bits per heavy atom. The van der Waals surface area contributed by atoms with E-state index in [1.165, 1.54) is 40.1 Å². The summed E-state index contributed by atoms with van der Waals surface area (Å²) in [4.78, 5) is 38.3. The first-order chi connectivity index (χ1) is 15.0. The number of thioether (sulfide) groups is 1. The SMILES string of the molecule is N#Cc1sccc1OC1=C(C(=O)OCCOC(=O)c2ccc(Cl)cc2)N2C(=O)C[C@H]2S1. The van der Waals surface area contributed by atoms with Crippen molar-refractivity contribution in [1.29, 1.82) is 5.26 Å². The van der Waals surface area contributed by atoms with Crippen molar-refractivity contribution in [3.8, 4) is 11.8 Å². The number of benzene rings is 1. The summed E-state index contributed by atoms with van der Waals surface area (Å²) < 4.78 is 16.0. The zero-order valence-corrected chi connectivity index (χ0v) is 18.1. The summed E-state index contributed by atoms with van der Waals surface area (Å²) in [5.74, 6) is -1.25. The number of carbonyl (C=O) groups is 3. The molecule has 0 N–H and O–H groups in total. The lowest BCUT2D eigenvalue weighted by Crippen LogP contribution is -2.48. The number of hydrogen-bond donors (Lipinski definition) is 0. The Kier molecular flexibility index (Phi) is 6.18. The molecule has 0 spiro atoms. The van der Waals surface area contributed by atoms with Gasteiger partial charge in [-0.1, -0.05) is 23.4 Å². The van der Waals surface area contributed by atoms with Crippen LogP contribution in [0.3, 0.4) is 0 Å². The smallest absolute Gasteiger partial charge is 0.359 e. The van der Waals surface area contributed by atoms with E-state index in [1.807, 2.05) is 6.07 Å². The number of esters is 2. The number of hydrogen-bond acceptors (Lipinski definition) is 9. The van der Waals surface area contributed by atoms with Crippen LogP contribution in [0.15, 0.2) is 46.5 Å². The van der Waals surface area contributed by atoms with E-state index in [9.17, 15) is 14.4 Å². The third kappa shape index (κ3) is 4.39. The molecule has 3 heterocycles. The second kappa shape index (κ2) is 9.01. The number of carbonyl (C=O) groups excluding carboxylic acids is 3. The van der Waals surface area contributed by atoms with E-state index in [4.69, 9.17) is 31.1 Å². The van der Waals surface area contributed by atoms with Crippen molar-refractivity contribution in [3.63, 3.8) is 0 Å². The van der Waals surface area contributed by atoms with Gasteiger partial charge in [0.1, 0.15) is 24.2 Å². The quantitative estimate of drug-likeness (QED) is 0.339. The molecule has 1 aromatic heterocycles. The number of nitrogens with zero attached hydrogens (tertiary/aromatic N) is 2. The second-order valence-electron chi connectivity index (χ2n) is 6.28. The maximum absolute atomic E-state index is 12.6. The Hall–Kier alpha value is -3.00. The molecule has 1 aromatic carbocycles. The van der Waals surface area contributed by atoms with Crippen LogP contribution < -0.4 is 4.74 Å². The van der Waals surface area contributed by atoms with Crippen LogP contribution in [0.25, 0.3) is 0 Å². The van der Waals surface area contributed by atoms with Gasteiger partial charge in [-0.25, -0.2) is 9.59 Å². The van der Waals surface area contributed by atoms with Gasteiger partial charge in [-0.2, -0.15) is 5.26 Å². The summed E-state index contributed by atoms with van der Waals surface area (Å²) >= 11 is 8.21. The van der Waals surface area contributed by atoms with Crippen LogP contribution in [0.1, 0.15) is 21.7 Å². The van der Waals surface area contributed by atoms with Crippen LogP contribution in [-0.2, 0) is 19.1 Å². The Labute approximate surface area is 189 Å². The highest BCUT2D eigenvalue weighted by atomic mass is 35.5. The molecule has 31 heavy (non-hydrogen) atoms. The van der Waals surface area contributed by atoms with Gasteiger partial charge in [0.25, 0.3) is 0 Å². The molecule has 0 bridgehead atoms. The van der Waals surface area contributed by atoms with E-state index in [2.05, 4.69) is 0 Å². The fourth-order valence-corrected chi connectivity index (χ4v) is 4.81. The van der Waals surface area contributed by atoms with Gasteiger partial charge in [-0.3, -0.25) is 9.69 Å². The summed E-state index contributed by atoms with van der Waals surface area (Å²) in [5.41, 5.74) is 0.310. The van der Waals surface area contributed by atoms with Gasteiger partial charge in [-0.05, 0) is 35.7 Å². The second-order valence-corrected chi connectivity index (χ2v) is 8.79. The summed E-state index contributed by atoms with van der Waals surface area (Å²) in [6.07, 6.45) is 0.280. The number of amides is 1. The zero-order valence-electron chi connectivity index (χ0n) is 15.7. The standard InChI is InChI=1S/C20H13ClN2O6S2/c21-12-3-1-11(2-4-12)18(25)27-6-7-28-19(26)17-20(31-16-9-15(24)23(16)17)29-13-5-8-30-14(13)10-22/h1-5,8,16H,6-7,9H2/t16-/m1/s1. The van der Waals surface area contributed by atoms with Crippen molar-refractivity contribution in [2.45, 2.75) is 11.8 Å². The van der Waals surface area contributed by atoms with Crippen LogP contribution in [0.5, 0.6) is 5.75 Å². The Bertz CT molecular complexity index is 1120. The van der Waals surface area contributed by atoms with Gasteiger partial charge in [0.2, 0.25) is 5.91 Å². The number of β-lactam (4-membered cyclic amide) rings is 1. The van der Waals surface area contributed by atoms with Crippen molar-refractivity contribution in [3.05, 3.63) is 62.0 Å². The minimum atomic E-state index is -0.769. The molecule has 2 aliphatic heterocycles. The van der Waals surface area contributed by atoms with Gasteiger partial charge >= 0.3 is 11.9 Å². The van der Waals surface area contributed by atoms with Crippen molar-refractivity contribution in [2.75, 3.05) is 13.2 Å². The van der Waals surface area contributed by atoms with E-state index < -0.39 is 11.9 Å². The van der Waals surface area contributed by atoms with Gasteiger partial charge in [-0.15, -0.1) is 11.3 Å². The number of ether oxygens (including phenoxy) is 3. The van der Waals surface area contributed by atoms with Crippen molar-refractivity contribution in [2.24, 2.45) is 0 Å². The normalized spacial score (nSPS) is 17.0. The Morgan fingerprint density at radius 2 is 1.87 bits per heavy atom. The lowest BCUT2D eigenvalue weighted by atomic mass is 10.2. The van der Waals surface area contributed by atoms with Crippen LogP contribution >= 0.6 is 34.7 Å². The molecule has 2 aromatic rings. The van der Waals surface area contributed by atoms with Gasteiger partial charge < -0.3 is 14.2 Å². The van der Waals surface area contributed by atoms with Crippen LogP contribution in [0, 0.1) is 11.3 Å². The number of thiophene rings is 1. The molecule has 2 aliphatic rings. The Balaban J connectivity index is 1.38. The highest BCUT2D eigenvalue weighted by molar-refractivity contribution is 8.03. The third-order valence-corrected chi connectivity index (χ3v) is 6.53. The maximum atomic E-state index is 12.6.